The molecule has 0 aliphatic rings. The quantitative estimate of drug-likeness (QED) is 0.141. The number of carbonyl (C=O) groups is 1. The van der Waals surface area contributed by atoms with Crippen LogP contribution in [0.5, 0.6) is 11.5 Å². The topological polar surface area (TPSA) is 77.0 Å². The number of amides is 1. The first-order valence-electron chi connectivity index (χ1n) is 13.9. The van der Waals surface area contributed by atoms with Gasteiger partial charge in [-0.05, 0) is 13.3 Å². The molecule has 0 aromatic heterocycles. The van der Waals surface area contributed by atoms with Crippen LogP contribution in [0.4, 0.5) is 5.69 Å². The van der Waals surface area contributed by atoms with E-state index in [4.69, 9.17) is 14.2 Å². The summed E-state index contributed by atoms with van der Waals surface area (Å²) < 4.78 is 16.4. The smallest absolute Gasteiger partial charge is 0.224 e. The van der Waals surface area contributed by atoms with E-state index in [0.717, 1.165) is 12.8 Å². The van der Waals surface area contributed by atoms with Gasteiger partial charge in [0, 0.05) is 30.4 Å². The largest absolute Gasteiger partial charge is 0.507 e. The summed E-state index contributed by atoms with van der Waals surface area (Å²) >= 11 is 0. The van der Waals surface area contributed by atoms with Crippen LogP contribution >= 0.6 is 0 Å². The molecule has 0 bridgehead atoms. The number of anilines is 1. The Morgan fingerprint density at radius 2 is 1.44 bits per heavy atom. The maximum atomic E-state index is 12.6. The molecule has 1 atom stereocenters. The van der Waals surface area contributed by atoms with E-state index in [1.807, 2.05) is 24.3 Å². The van der Waals surface area contributed by atoms with E-state index in [0.29, 0.717) is 28.6 Å². The molecule has 0 aliphatic heterocycles. The van der Waals surface area contributed by atoms with Crippen molar-refractivity contribution in [2.45, 2.75) is 110 Å². The van der Waals surface area contributed by atoms with Crippen LogP contribution in [0.25, 0.3) is 10.8 Å². The van der Waals surface area contributed by atoms with Gasteiger partial charge >= 0.3 is 0 Å². The summed E-state index contributed by atoms with van der Waals surface area (Å²) in [6.45, 7) is 4.00. The standard InChI is InChI=1S/C30H47NO5/c1-4-5-6-7-8-9-10-11-12-13-14-15-16-21-29(33)31-27-22-28(32)25-19-17-18-20-26(25)30(27)36-23-35-24(2)34-3/h17-20,22,24,32H,4-16,21,23H2,1-3H3,(H,31,33). The van der Waals surface area contributed by atoms with E-state index in [9.17, 15) is 9.90 Å². The number of hydrogen-bond donors (Lipinski definition) is 2. The Bertz CT molecular complexity index is 885. The van der Waals surface area contributed by atoms with Gasteiger partial charge in [-0.3, -0.25) is 4.79 Å². The van der Waals surface area contributed by atoms with Gasteiger partial charge in [0.25, 0.3) is 0 Å². The molecular formula is C30H47NO5. The lowest BCUT2D eigenvalue weighted by Gasteiger charge is -2.17. The van der Waals surface area contributed by atoms with Crippen molar-refractivity contribution in [1.82, 2.24) is 0 Å². The minimum absolute atomic E-state index is 0.0362. The van der Waals surface area contributed by atoms with Crippen LogP contribution in [-0.4, -0.2) is 31.2 Å². The summed E-state index contributed by atoms with van der Waals surface area (Å²) in [5.41, 5.74) is 0.444. The van der Waals surface area contributed by atoms with Crippen molar-refractivity contribution in [1.29, 1.82) is 0 Å². The molecule has 2 N–H and O–H groups in total. The molecule has 36 heavy (non-hydrogen) atoms. The Balaban J connectivity index is 1.73. The predicted molar refractivity (Wildman–Crippen MR) is 148 cm³/mol. The second kappa shape index (κ2) is 18.0. The van der Waals surface area contributed by atoms with E-state index in [1.165, 1.54) is 70.6 Å². The molecule has 6 nitrogen and oxygen atoms in total. The molecule has 0 saturated heterocycles. The first-order valence-corrected chi connectivity index (χ1v) is 13.9. The highest BCUT2D eigenvalue weighted by Gasteiger charge is 2.16. The minimum Gasteiger partial charge on any atom is -0.507 e. The molecule has 0 spiro atoms. The van der Waals surface area contributed by atoms with E-state index in [1.54, 1.807) is 20.1 Å². The van der Waals surface area contributed by atoms with Crippen LogP contribution in [0.1, 0.15) is 104 Å². The van der Waals surface area contributed by atoms with Gasteiger partial charge in [0.1, 0.15) is 5.75 Å². The molecule has 0 saturated carbocycles. The van der Waals surface area contributed by atoms with Gasteiger partial charge in [0.2, 0.25) is 5.91 Å². The molecule has 0 aliphatic carbocycles. The third-order valence-corrected chi connectivity index (χ3v) is 6.59. The second-order valence-electron chi connectivity index (χ2n) is 9.59. The Morgan fingerprint density at radius 3 is 2.03 bits per heavy atom. The highest BCUT2D eigenvalue weighted by molar-refractivity contribution is 6.02. The van der Waals surface area contributed by atoms with Crippen molar-refractivity contribution >= 4 is 22.4 Å². The van der Waals surface area contributed by atoms with Gasteiger partial charge in [-0.1, -0.05) is 108 Å². The van der Waals surface area contributed by atoms with Crippen molar-refractivity contribution in [3.63, 3.8) is 0 Å². The second-order valence-corrected chi connectivity index (χ2v) is 9.59. The highest BCUT2D eigenvalue weighted by atomic mass is 16.7. The number of methoxy groups -OCH3 is 1. The first-order chi connectivity index (χ1) is 17.6. The van der Waals surface area contributed by atoms with E-state index in [2.05, 4.69) is 12.2 Å². The zero-order valence-electron chi connectivity index (χ0n) is 22.7. The average Bonchev–Trinajstić information content (AvgIpc) is 2.88. The summed E-state index contributed by atoms with van der Waals surface area (Å²) in [6.07, 6.45) is 16.6. The highest BCUT2D eigenvalue weighted by Crippen LogP contribution is 2.39. The maximum absolute atomic E-state index is 12.6. The molecule has 0 radical (unpaired) electrons. The fourth-order valence-electron chi connectivity index (χ4n) is 4.35. The van der Waals surface area contributed by atoms with Crippen molar-refractivity contribution in [3.05, 3.63) is 30.3 Å². The molecule has 2 aromatic rings. The van der Waals surface area contributed by atoms with Gasteiger partial charge in [0.05, 0.1) is 5.69 Å². The number of phenolic OH excluding ortho intramolecular Hbond substituents is 1. The normalized spacial score (nSPS) is 12.1. The lowest BCUT2D eigenvalue weighted by atomic mass is 10.0. The van der Waals surface area contributed by atoms with Crippen LogP contribution < -0.4 is 10.1 Å². The molecule has 0 heterocycles. The number of aromatic hydroxyl groups is 1. The lowest BCUT2D eigenvalue weighted by molar-refractivity contribution is -0.149. The number of ether oxygens (including phenoxy) is 3. The molecule has 1 unspecified atom stereocenters. The predicted octanol–water partition coefficient (Wildman–Crippen LogP) is 8.31. The average molecular weight is 502 g/mol. The number of rotatable bonds is 20. The Hall–Kier alpha value is -2.31. The molecule has 2 rings (SSSR count). The SMILES string of the molecule is CCCCCCCCCCCCCCCC(=O)Nc1cc(O)c2ccccc2c1OCOC(C)OC. The van der Waals surface area contributed by atoms with Crippen LogP contribution in [0.15, 0.2) is 30.3 Å². The third-order valence-electron chi connectivity index (χ3n) is 6.59. The summed E-state index contributed by atoms with van der Waals surface area (Å²) in [7, 11) is 1.56. The number of fused-ring (bicyclic) bond motifs is 1. The number of nitrogens with one attached hydrogen (secondary N) is 1. The van der Waals surface area contributed by atoms with Crippen LogP contribution in [0.2, 0.25) is 0 Å². The van der Waals surface area contributed by atoms with Crippen LogP contribution in [0.3, 0.4) is 0 Å². The Kier molecular flexibility index (Phi) is 15.0. The lowest BCUT2D eigenvalue weighted by Crippen LogP contribution is -2.16. The molecule has 2 aromatic carbocycles. The van der Waals surface area contributed by atoms with Gasteiger partial charge in [-0.15, -0.1) is 0 Å². The zero-order valence-corrected chi connectivity index (χ0v) is 22.7. The molecule has 202 valence electrons. The van der Waals surface area contributed by atoms with Gasteiger partial charge < -0.3 is 24.6 Å². The summed E-state index contributed by atoms with van der Waals surface area (Å²) in [5.74, 6) is 0.495. The fraction of sp³-hybridized carbons (Fsp3) is 0.633. The summed E-state index contributed by atoms with van der Waals surface area (Å²) in [5, 5.41) is 14.8. The Morgan fingerprint density at radius 1 is 0.889 bits per heavy atom. The number of benzene rings is 2. The summed E-state index contributed by atoms with van der Waals surface area (Å²) in [6, 6.07) is 8.93. The van der Waals surface area contributed by atoms with Crippen LogP contribution in [-0.2, 0) is 14.3 Å². The van der Waals surface area contributed by atoms with Crippen molar-refractivity contribution in [3.8, 4) is 11.5 Å². The maximum Gasteiger partial charge on any atom is 0.224 e. The van der Waals surface area contributed by atoms with E-state index >= 15 is 0 Å². The van der Waals surface area contributed by atoms with Crippen molar-refractivity contribution in [2.75, 3.05) is 19.2 Å². The van der Waals surface area contributed by atoms with E-state index < -0.39 is 6.29 Å². The minimum atomic E-state index is -0.415. The molecule has 6 heteroatoms. The number of unbranched alkanes of at least 4 members (excludes halogenated alkanes) is 12. The fourth-order valence-corrected chi connectivity index (χ4v) is 4.35. The van der Waals surface area contributed by atoms with Gasteiger partial charge in [-0.25, -0.2) is 0 Å². The number of phenols is 1. The third kappa shape index (κ3) is 11.2. The van der Waals surface area contributed by atoms with Crippen molar-refractivity contribution in [2.24, 2.45) is 0 Å². The first kappa shape index (κ1) is 29.9. The zero-order chi connectivity index (χ0) is 26.0. The molecular weight excluding hydrogens is 454 g/mol. The Labute approximate surface area is 217 Å². The summed E-state index contributed by atoms with van der Waals surface area (Å²) in [4.78, 5) is 12.6. The molecule has 0 fully saturated rings. The number of carbonyl (C=O) groups excluding carboxylic acids is 1. The number of hydrogen-bond acceptors (Lipinski definition) is 5. The monoisotopic (exact) mass is 501 g/mol. The molecule has 1 amide bonds. The van der Waals surface area contributed by atoms with E-state index in [-0.39, 0.29) is 18.4 Å². The van der Waals surface area contributed by atoms with Gasteiger partial charge in [0.15, 0.2) is 18.8 Å². The van der Waals surface area contributed by atoms with Crippen molar-refractivity contribution < 1.29 is 24.1 Å². The van der Waals surface area contributed by atoms with Gasteiger partial charge in [-0.2, -0.15) is 0 Å². The van der Waals surface area contributed by atoms with Crippen LogP contribution in [0, 0.1) is 0 Å².